The molecule has 0 spiro atoms. The molecule has 1 aliphatic rings. The van der Waals surface area contributed by atoms with Gasteiger partial charge >= 0.3 is 0 Å². The molecule has 4 atom stereocenters. The van der Waals surface area contributed by atoms with Crippen LogP contribution in [0, 0.1) is 5.92 Å². The Morgan fingerprint density at radius 2 is 1.29 bits per heavy atom. The second kappa shape index (κ2) is 17.2. The van der Waals surface area contributed by atoms with Crippen LogP contribution in [-0.4, -0.2) is 78.5 Å². The van der Waals surface area contributed by atoms with Crippen LogP contribution in [0.2, 0.25) is 10.0 Å². The minimum absolute atomic E-state index is 0.0808. The van der Waals surface area contributed by atoms with Crippen LogP contribution in [0.5, 0.6) is 0 Å². The van der Waals surface area contributed by atoms with Crippen LogP contribution in [0.1, 0.15) is 50.7 Å². The average molecular weight is 620 g/mol. The van der Waals surface area contributed by atoms with E-state index in [1.54, 1.807) is 0 Å². The third-order valence-electron chi connectivity index (χ3n) is 7.84. The van der Waals surface area contributed by atoms with Gasteiger partial charge in [-0.25, -0.2) is 0 Å². The van der Waals surface area contributed by atoms with E-state index < -0.39 is 12.1 Å². The van der Waals surface area contributed by atoms with E-state index in [1.165, 1.54) is 0 Å². The molecule has 2 aromatic carbocycles. The molecule has 2 aromatic rings. The van der Waals surface area contributed by atoms with Gasteiger partial charge in [-0.3, -0.25) is 9.59 Å². The van der Waals surface area contributed by atoms with Crippen molar-refractivity contribution in [1.82, 2.24) is 15.1 Å². The summed E-state index contributed by atoms with van der Waals surface area (Å²) in [5.74, 6) is 0.174. The number of hydrogen-bond acceptors (Lipinski definition) is 6. The van der Waals surface area contributed by atoms with Crippen molar-refractivity contribution in [3.05, 3.63) is 69.7 Å². The van der Waals surface area contributed by atoms with Crippen LogP contribution in [-0.2, 0) is 22.4 Å². The molecule has 42 heavy (non-hydrogen) atoms. The second-order valence-corrected chi connectivity index (χ2v) is 12.7. The molecule has 8 nitrogen and oxygen atoms in total. The predicted octanol–water partition coefficient (Wildman–Crippen LogP) is 3.61. The molecule has 0 aliphatic carbocycles. The summed E-state index contributed by atoms with van der Waals surface area (Å²) in [6.07, 6.45) is 4.25. The summed E-state index contributed by atoms with van der Waals surface area (Å²) in [7, 11) is 0. The van der Waals surface area contributed by atoms with E-state index in [4.69, 9.17) is 40.4 Å². The Labute approximate surface area is 261 Å². The van der Waals surface area contributed by atoms with E-state index in [-0.39, 0.29) is 23.9 Å². The maximum atomic E-state index is 13.9. The number of unbranched alkanes of at least 4 members (excludes halogenated alkanes) is 1. The van der Waals surface area contributed by atoms with Gasteiger partial charge in [-0.1, -0.05) is 67.7 Å². The monoisotopic (exact) mass is 618 g/mol. The Morgan fingerprint density at radius 1 is 0.810 bits per heavy atom. The Morgan fingerprint density at radius 3 is 1.76 bits per heavy atom. The van der Waals surface area contributed by atoms with E-state index in [2.05, 4.69) is 19.2 Å². The number of nitrogens with two attached hydrogens (primary N) is 3. The molecule has 1 fully saturated rings. The summed E-state index contributed by atoms with van der Waals surface area (Å²) in [5, 5.41) is 4.62. The quantitative estimate of drug-likeness (QED) is 0.226. The molecule has 10 heteroatoms. The highest BCUT2D eigenvalue weighted by Gasteiger charge is 2.40. The van der Waals surface area contributed by atoms with Crippen molar-refractivity contribution in [3.63, 3.8) is 0 Å². The zero-order chi connectivity index (χ0) is 30.6. The summed E-state index contributed by atoms with van der Waals surface area (Å²) in [6.45, 7) is 7.39. The lowest BCUT2D eigenvalue weighted by Gasteiger charge is -2.48. The standard InChI is InChI=1S/C32H48Cl2N6O2/c1-22(2)17-28-21-39(31(41)29(36)18-23-6-10-25(33)11-7-23)27(5-3-4-15-38-16-14-35)20-40(28)32(42)30(37)19-24-8-12-26(34)13-9-24/h6-13,22,27-30,38H,3-5,14-21,35-37H2,1-2H3/t27-,28+,29?,30?/m0/s1. The van der Waals surface area contributed by atoms with Gasteiger partial charge in [0.15, 0.2) is 0 Å². The fraction of sp³-hybridized carbons (Fsp3) is 0.562. The highest BCUT2D eigenvalue weighted by Crippen LogP contribution is 2.26. The smallest absolute Gasteiger partial charge is 0.240 e. The van der Waals surface area contributed by atoms with Crippen LogP contribution < -0.4 is 22.5 Å². The van der Waals surface area contributed by atoms with E-state index in [0.29, 0.717) is 48.4 Å². The molecule has 1 saturated heterocycles. The van der Waals surface area contributed by atoms with Crippen LogP contribution in [0.4, 0.5) is 0 Å². The molecule has 1 aliphatic heterocycles. The fourth-order valence-corrected chi connectivity index (χ4v) is 5.94. The first-order valence-electron chi connectivity index (χ1n) is 15.1. The van der Waals surface area contributed by atoms with Gasteiger partial charge in [0.2, 0.25) is 11.8 Å². The number of carbonyl (C=O) groups excluding carboxylic acids is 2. The molecule has 0 radical (unpaired) electrons. The number of rotatable bonds is 15. The highest BCUT2D eigenvalue weighted by atomic mass is 35.5. The third kappa shape index (κ3) is 10.5. The molecule has 2 amide bonds. The number of piperazine rings is 1. The van der Waals surface area contributed by atoms with Gasteiger partial charge in [0, 0.05) is 48.3 Å². The number of nitrogens with zero attached hydrogens (tertiary/aromatic N) is 2. The minimum atomic E-state index is -0.686. The van der Waals surface area contributed by atoms with Crippen LogP contribution in [0.3, 0.4) is 0 Å². The van der Waals surface area contributed by atoms with E-state index >= 15 is 0 Å². The van der Waals surface area contributed by atoms with Crippen LogP contribution in [0.25, 0.3) is 0 Å². The Bertz CT molecular complexity index is 1110. The summed E-state index contributed by atoms with van der Waals surface area (Å²) in [4.78, 5) is 31.6. The van der Waals surface area contributed by atoms with E-state index in [9.17, 15) is 9.59 Å². The number of nitrogens with one attached hydrogen (secondary N) is 1. The van der Waals surface area contributed by atoms with Crippen molar-refractivity contribution in [1.29, 1.82) is 0 Å². The number of hydrogen-bond donors (Lipinski definition) is 4. The summed E-state index contributed by atoms with van der Waals surface area (Å²) in [5.41, 5.74) is 20.5. The van der Waals surface area contributed by atoms with Crippen LogP contribution >= 0.6 is 23.2 Å². The Balaban J connectivity index is 1.78. The molecule has 0 aromatic heterocycles. The zero-order valence-electron chi connectivity index (χ0n) is 25.0. The van der Waals surface area contributed by atoms with Gasteiger partial charge < -0.3 is 32.3 Å². The molecule has 1 heterocycles. The Hall–Kier alpha value is -2.20. The fourth-order valence-electron chi connectivity index (χ4n) is 5.69. The van der Waals surface area contributed by atoms with Crippen molar-refractivity contribution >= 4 is 35.0 Å². The molecule has 2 unspecified atom stereocenters. The molecule has 0 bridgehead atoms. The normalized spacial score (nSPS) is 18.8. The first-order chi connectivity index (χ1) is 20.1. The zero-order valence-corrected chi connectivity index (χ0v) is 26.5. The molecular formula is C32H48Cl2N6O2. The second-order valence-electron chi connectivity index (χ2n) is 11.8. The maximum Gasteiger partial charge on any atom is 0.240 e. The van der Waals surface area contributed by atoms with Gasteiger partial charge in [0.1, 0.15) is 0 Å². The van der Waals surface area contributed by atoms with Gasteiger partial charge in [-0.2, -0.15) is 0 Å². The van der Waals surface area contributed by atoms with Gasteiger partial charge in [-0.15, -0.1) is 0 Å². The van der Waals surface area contributed by atoms with Gasteiger partial charge in [-0.05, 0) is 80.0 Å². The topological polar surface area (TPSA) is 131 Å². The lowest BCUT2D eigenvalue weighted by molar-refractivity contribution is -0.149. The van der Waals surface area contributed by atoms with Crippen LogP contribution in [0.15, 0.2) is 48.5 Å². The van der Waals surface area contributed by atoms with Crippen molar-refractivity contribution in [2.45, 2.75) is 76.5 Å². The first-order valence-corrected chi connectivity index (χ1v) is 15.9. The highest BCUT2D eigenvalue weighted by molar-refractivity contribution is 6.30. The Kier molecular flexibility index (Phi) is 14.0. The SMILES string of the molecule is CC(C)C[C@@H]1CN(C(=O)C(N)Cc2ccc(Cl)cc2)[C@@H](CCCCNCCN)CN1C(=O)C(N)Cc1ccc(Cl)cc1. The van der Waals surface area contributed by atoms with E-state index in [1.807, 2.05) is 58.3 Å². The summed E-state index contributed by atoms with van der Waals surface area (Å²) >= 11 is 12.1. The van der Waals surface area contributed by atoms with Crippen molar-refractivity contribution in [2.75, 3.05) is 32.7 Å². The molecule has 232 valence electrons. The third-order valence-corrected chi connectivity index (χ3v) is 8.34. The molecular weight excluding hydrogens is 571 g/mol. The molecule has 7 N–H and O–H groups in total. The lowest BCUT2D eigenvalue weighted by Crippen LogP contribution is -2.65. The first kappa shape index (κ1) is 34.3. The lowest BCUT2D eigenvalue weighted by atomic mass is 9.93. The number of halogens is 2. The maximum absolute atomic E-state index is 13.9. The number of carbonyl (C=O) groups is 2. The minimum Gasteiger partial charge on any atom is -0.335 e. The summed E-state index contributed by atoms with van der Waals surface area (Å²) in [6, 6.07) is 13.2. The largest absolute Gasteiger partial charge is 0.335 e. The predicted molar refractivity (Wildman–Crippen MR) is 172 cm³/mol. The van der Waals surface area contributed by atoms with E-state index in [0.717, 1.165) is 49.9 Å². The number of amides is 2. The number of benzene rings is 2. The molecule has 3 rings (SSSR count). The van der Waals surface area contributed by atoms with Crippen molar-refractivity contribution in [3.8, 4) is 0 Å². The van der Waals surface area contributed by atoms with Crippen molar-refractivity contribution in [2.24, 2.45) is 23.1 Å². The average Bonchev–Trinajstić information content (AvgIpc) is 2.96. The van der Waals surface area contributed by atoms with Crippen molar-refractivity contribution < 1.29 is 9.59 Å². The summed E-state index contributed by atoms with van der Waals surface area (Å²) < 4.78 is 0. The van der Waals surface area contributed by atoms with Gasteiger partial charge in [0.05, 0.1) is 12.1 Å². The molecule has 0 saturated carbocycles. The van der Waals surface area contributed by atoms with Gasteiger partial charge in [0.25, 0.3) is 0 Å².